The van der Waals surface area contributed by atoms with Crippen molar-refractivity contribution in [3.8, 4) is 0 Å². The predicted octanol–water partition coefficient (Wildman–Crippen LogP) is 1.60. The average Bonchev–Trinajstić information content (AvgIpc) is 2.44. The molecule has 0 heterocycles. The molecule has 21 heavy (non-hydrogen) atoms. The number of carbonyl (C=O) groups excluding carboxylic acids is 2. The molecule has 0 saturated carbocycles. The third-order valence-corrected chi connectivity index (χ3v) is 3.27. The number of benzene rings is 1. The molecule has 1 aromatic rings. The largest absolute Gasteiger partial charge is 0.469 e. The Labute approximate surface area is 131 Å². The summed E-state index contributed by atoms with van der Waals surface area (Å²) in [6.45, 7) is 5.21. The van der Waals surface area contributed by atoms with E-state index in [0.29, 0.717) is 5.56 Å². The second-order valence-corrected chi connectivity index (χ2v) is 5.63. The Bertz CT molecular complexity index is 487. The number of nitrogens with two attached hydrogens (primary N) is 1. The van der Waals surface area contributed by atoms with Crippen molar-refractivity contribution in [2.45, 2.75) is 26.3 Å². The van der Waals surface area contributed by atoms with Gasteiger partial charge < -0.3 is 15.8 Å². The molecule has 0 radical (unpaired) electrons. The fraction of sp³-hybridized carbons (Fsp3) is 0.467. The molecule has 5 nitrogen and oxygen atoms in total. The highest BCUT2D eigenvalue weighted by molar-refractivity contribution is 5.87. The number of nitrogens with one attached hydrogen (secondary N) is 1. The van der Waals surface area contributed by atoms with Gasteiger partial charge in [-0.3, -0.25) is 9.59 Å². The number of rotatable bonds is 5. The first-order valence-electron chi connectivity index (χ1n) is 6.43. The number of halogens is 1. The van der Waals surface area contributed by atoms with Gasteiger partial charge in [0.1, 0.15) is 5.54 Å². The molecule has 0 saturated heterocycles. The van der Waals surface area contributed by atoms with Gasteiger partial charge in [-0.2, -0.15) is 0 Å². The lowest BCUT2D eigenvalue weighted by Crippen LogP contribution is -2.51. The Morgan fingerprint density at radius 3 is 2.19 bits per heavy atom. The highest BCUT2D eigenvalue weighted by Crippen LogP contribution is 2.19. The summed E-state index contributed by atoms with van der Waals surface area (Å²) in [6, 6.07) is 9.10. The summed E-state index contributed by atoms with van der Waals surface area (Å²) in [6.07, 6.45) is 0. The number of esters is 1. The van der Waals surface area contributed by atoms with E-state index in [4.69, 9.17) is 10.5 Å². The Morgan fingerprint density at radius 1 is 1.19 bits per heavy atom. The normalized spacial score (nSPS) is 13.6. The first-order chi connectivity index (χ1) is 9.21. The van der Waals surface area contributed by atoms with Gasteiger partial charge in [0.25, 0.3) is 0 Å². The Balaban J connectivity index is 0.00000400. The van der Waals surface area contributed by atoms with Crippen molar-refractivity contribution in [2.75, 3.05) is 13.7 Å². The highest BCUT2D eigenvalue weighted by atomic mass is 35.5. The van der Waals surface area contributed by atoms with Crippen molar-refractivity contribution in [3.05, 3.63) is 35.9 Å². The summed E-state index contributed by atoms with van der Waals surface area (Å²) >= 11 is 0. The van der Waals surface area contributed by atoms with Crippen LogP contribution in [0.15, 0.2) is 30.3 Å². The van der Waals surface area contributed by atoms with Gasteiger partial charge in [0, 0.05) is 6.54 Å². The van der Waals surface area contributed by atoms with Crippen LogP contribution in [0.1, 0.15) is 26.3 Å². The zero-order valence-electron chi connectivity index (χ0n) is 12.8. The van der Waals surface area contributed by atoms with Crippen molar-refractivity contribution in [1.29, 1.82) is 0 Å². The zero-order valence-corrected chi connectivity index (χ0v) is 13.6. The maximum atomic E-state index is 12.2. The summed E-state index contributed by atoms with van der Waals surface area (Å²) in [5, 5.41) is 2.71. The lowest BCUT2D eigenvalue weighted by molar-refractivity contribution is -0.150. The molecule has 0 aliphatic heterocycles. The van der Waals surface area contributed by atoms with Gasteiger partial charge in [0.15, 0.2) is 0 Å². The Kier molecular flexibility index (Phi) is 6.86. The van der Waals surface area contributed by atoms with Gasteiger partial charge in [0.2, 0.25) is 5.91 Å². The van der Waals surface area contributed by atoms with E-state index in [1.165, 1.54) is 7.11 Å². The fourth-order valence-corrected chi connectivity index (χ4v) is 1.75. The predicted molar refractivity (Wildman–Crippen MR) is 84.0 cm³/mol. The molecule has 0 bridgehead atoms. The summed E-state index contributed by atoms with van der Waals surface area (Å²) < 4.78 is 4.70. The van der Waals surface area contributed by atoms with Crippen molar-refractivity contribution in [1.82, 2.24) is 5.32 Å². The zero-order chi connectivity index (χ0) is 15.4. The number of carbonyl (C=O) groups is 2. The minimum absolute atomic E-state index is 0. The number of hydrogen-bond donors (Lipinski definition) is 2. The second kappa shape index (κ2) is 7.43. The van der Waals surface area contributed by atoms with E-state index >= 15 is 0 Å². The maximum absolute atomic E-state index is 12.2. The van der Waals surface area contributed by atoms with Crippen LogP contribution in [0.5, 0.6) is 0 Å². The van der Waals surface area contributed by atoms with E-state index in [1.54, 1.807) is 32.9 Å². The molecule has 3 N–H and O–H groups in total. The molecule has 1 unspecified atom stereocenters. The molecule has 0 spiro atoms. The number of methoxy groups -OCH3 is 1. The first kappa shape index (κ1) is 19.4. The Hall–Kier alpha value is -1.59. The number of ether oxygens (including phenoxy) is 1. The maximum Gasteiger partial charge on any atom is 0.313 e. The molecule has 0 aliphatic carbocycles. The van der Waals surface area contributed by atoms with E-state index in [-0.39, 0.29) is 30.8 Å². The minimum Gasteiger partial charge on any atom is -0.469 e. The molecule has 1 amide bonds. The second-order valence-electron chi connectivity index (χ2n) is 5.63. The van der Waals surface area contributed by atoms with E-state index < -0.39 is 11.0 Å². The lowest BCUT2D eigenvalue weighted by Gasteiger charge is -2.27. The van der Waals surface area contributed by atoms with E-state index in [1.807, 2.05) is 18.2 Å². The van der Waals surface area contributed by atoms with Crippen molar-refractivity contribution < 1.29 is 14.3 Å². The van der Waals surface area contributed by atoms with Gasteiger partial charge in [0.05, 0.1) is 12.5 Å². The molecular weight excluding hydrogens is 292 g/mol. The summed E-state index contributed by atoms with van der Waals surface area (Å²) in [5.41, 5.74) is 4.87. The van der Waals surface area contributed by atoms with E-state index in [0.717, 1.165) is 0 Å². The Morgan fingerprint density at radius 2 is 1.71 bits per heavy atom. The molecule has 1 rings (SSSR count). The molecule has 1 atom stereocenters. The molecular formula is C15H23ClN2O3. The SMILES string of the molecule is COC(=O)C(C)(C)CNC(=O)C(C)(N)c1ccccc1.Cl. The number of hydrogen-bond acceptors (Lipinski definition) is 4. The standard InChI is InChI=1S/C15H22N2O3.ClH/c1-14(2,13(19)20-4)10-17-12(18)15(3,16)11-8-6-5-7-9-11;/h5-9H,10,16H2,1-4H3,(H,17,18);1H. The molecule has 0 aromatic heterocycles. The van der Waals surface area contributed by atoms with Crippen LogP contribution in [0.4, 0.5) is 0 Å². The van der Waals surface area contributed by atoms with Crippen LogP contribution in [0.2, 0.25) is 0 Å². The van der Waals surface area contributed by atoms with Crippen LogP contribution in [0.3, 0.4) is 0 Å². The molecule has 6 heteroatoms. The number of amides is 1. The highest BCUT2D eigenvalue weighted by Gasteiger charge is 2.34. The van der Waals surface area contributed by atoms with Crippen molar-refractivity contribution in [2.24, 2.45) is 11.1 Å². The average molecular weight is 315 g/mol. The van der Waals surface area contributed by atoms with Crippen LogP contribution in [-0.2, 0) is 19.9 Å². The molecule has 1 aromatic carbocycles. The van der Waals surface area contributed by atoms with Gasteiger partial charge in [-0.1, -0.05) is 30.3 Å². The molecule has 118 valence electrons. The van der Waals surface area contributed by atoms with Crippen LogP contribution >= 0.6 is 12.4 Å². The van der Waals surface area contributed by atoms with Crippen LogP contribution in [0.25, 0.3) is 0 Å². The van der Waals surface area contributed by atoms with Crippen LogP contribution in [-0.4, -0.2) is 25.5 Å². The summed E-state index contributed by atoms with van der Waals surface area (Å²) in [7, 11) is 1.32. The molecule has 0 aliphatic rings. The summed E-state index contributed by atoms with van der Waals surface area (Å²) in [4.78, 5) is 23.8. The third kappa shape index (κ3) is 4.72. The first-order valence-corrected chi connectivity index (χ1v) is 6.43. The minimum atomic E-state index is -1.15. The van der Waals surface area contributed by atoms with Crippen LogP contribution in [0, 0.1) is 5.41 Å². The smallest absolute Gasteiger partial charge is 0.313 e. The lowest BCUT2D eigenvalue weighted by atomic mass is 9.90. The van der Waals surface area contributed by atoms with Crippen molar-refractivity contribution >= 4 is 24.3 Å². The van der Waals surface area contributed by atoms with Crippen molar-refractivity contribution in [3.63, 3.8) is 0 Å². The van der Waals surface area contributed by atoms with E-state index in [9.17, 15) is 9.59 Å². The fourth-order valence-electron chi connectivity index (χ4n) is 1.75. The van der Waals surface area contributed by atoms with Gasteiger partial charge in [-0.05, 0) is 26.3 Å². The van der Waals surface area contributed by atoms with E-state index in [2.05, 4.69) is 5.32 Å². The van der Waals surface area contributed by atoms with Crippen LogP contribution < -0.4 is 11.1 Å². The van der Waals surface area contributed by atoms with Gasteiger partial charge in [-0.25, -0.2) is 0 Å². The van der Waals surface area contributed by atoms with Gasteiger partial charge >= 0.3 is 5.97 Å². The topological polar surface area (TPSA) is 81.4 Å². The quantitative estimate of drug-likeness (QED) is 0.809. The molecule has 0 fully saturated rings. The van der Waals surface area contributed by atoms with Gasteiger partial charge in [-0.15, -0.1) is 12.4 Å². The third-order valence-electron chi connectivity index (χ3n) is 3.27. The monoisotopic (exact) mass is 314 g/mol. The summed E-state index contributed by atoms with van der Waals surface area (Å²) in [5.74, 6) is -0.711.